The van der Waals surface area contributed by atoms with Crippen molar-refractivity contribution < 1.29 is 4.79 Å². The van der Waals surface area contributed by atoms with Crippen molar-refractivity contribution in [3.8, 4) is 11.3 Å². The number of likely N-dealkylation sites (tertiary alicyclic amines) is 1. The summed E-state index contributed by atoms with van der Waals surface area (Å²) >= 11 is 0. The van der Waals surface area contributed by atoms with Gasteiger partial charge in [-0.15, -0.1) is 0 Å². The molecule has 4 rings (SSSR count). The number of hydrogen-bond acceptors (Lipinski definition) is 5. The molecular weight excluding hydrogens is 374 g/mol. The molecule has 1 aromatic carbocycles. The van der Waals surface area contributed by atoms with Gasteiger partial charge in [-0.3, -0.25) is 9.78 Å². The first-order valence-corrected chi connectivity index (χ1v) is 10.5. The highest BCUT2D eigenvalue weighted by atomic mass is 16.2. The van der Waals surface area contributed by atoms with Crippen LogP contribution in [-0.2, 0) is 4.79 Å². The number of anilines is 2. The molecule has 2 aromatic heterocycles. The minimum Gasteiger partial charge on any atom is -0.342 e. The maximum atomic E-state index is 12.5. The highest BCUT2D eigenvalue weighted by molar-refractivity contribution is 5.78. The van der Waals surface area contributed by atoms with Crippen LogP contribution in [0.2, 0.25) is 0 Å². The van der Waals surface area contributed by atoms with Gasteiger partial charge in [0.2, 0.25) is 5.91 Å². The number of carbonyl (C=O) groups excluding carboxylic acids is 1. The molecular formula is C24H27N5O. The Kier molecular flexibility index (Phi) is 6.02. The van der Waals surface area contributed by atoms with Crippen molar-refractivity contribution in [1.82, 2.24) is 19.9 Å². The van der Waals surface area contributed by atoms with E-state index < -0.39 is 0 Å². The number of rotatable bonds is 5. The van der Waals surface area contributed by atoms with Gasteiger partial charge in [-0.1, -0.05) is 32.0 Å². The van der Waals surface area contributed by atoms with E-state index in [-0.39, 0.29) is 17.7 Å². The van der Waals surface area contributed by atoms with Crippen LogP contribution in [0.4, 0.5) is 11.5 Å². The molecule has 6 nitrogen and oxygen atoms in total. The monoisotopic (exact) mass is 401 g/mol. The zero-order valence-electron chi connectivity index (χ0n) is 17.5. The second-order valence-electron chi connectivity index (χ2n) is 8.00. The lowest BCUT2D eigenvalue weighted by Crippen LogP contribution is -2.41. The molecule has 1 N–H and O–H groups in total. The van der Waals surface area contributed by atoms with Gasteiger partial charge in [0.25, 0.3) is 0 Å². The molecule has 3 aromatic rings. The Morgan fingerprint density at radius 2 is 1.87 bits per heavy atom. The molecule has 0 radical (unpaired) electrons. The minimum atomic E-state index is 0.00290. The number of aromatic nitrogens is 3. The molecule has 1 fully saturated rings. The Morgan fingerprint density at radius 3 is 2.60 bits per heavy atom. The lowest BCUT2D eigenvalue weighted by molar-refractivity contribution is -0.135. The first-order chi connectivity index (χ1) is 14.6. The van der Waals surface area contributed by atoms with Gasteiger partial charge in [-0.2, -0.15) is 0 Å². The van der Waals surface area contributed by atoms with Gasteiger partial charge in [0.15, 0.2) is 0 Å². The maximum Gasteiger partial charge on any atom is 0.225 e. The van der Waals surface area contributed by atoms with Crippen LogP contribution in [0.5, 0.6) is 0 Å². The predicted octanol–water partition coefficient (Wildman–Crippen LogP) is 4.64. The Bertz CT molecular complexity index is 991. The van der Waals surface area contributed by atoms with Crippen LogP contribution in [0, 0.1) is 5.92 Å². The van der Waals surface area contributed by atoms with E-state index in [1.165, 1.54) is 0 Å². The number of nitrogens with zero attached hydrogens (tertiary/aromatic N) is 4. The van der Waals surface area contributed by atoms with Gasteiger partial charge >= 0.3 is 0 Å². The molecule has 0 aliphatic carbocycles. The topological polar surface area (TPSA) is 71.0 Å². The fourth-order valence-electron chi connectivity index (χ4n) is 3.81. The molecule has 1 aliphatic heterocycles. The smallest absolute Gasteiger partial charge is 0.225 e. The second kappa shape index (κ2) is 9.03. The number of para-hydroxylation sites is 1. The molecule has 1 atom stereocenters. The van der Waals surface area contributed by atoms with Crippen LogP contribution in [0.25, 0.3) is 11.3 Å². The zero-order chi connectivity index (χ0) is 20.9. The third kappa shape index (κ3) is 4.64. The third-order valence-electron chi connectivity index (χ3n) is 5.36. The molecule has 154 valence electrons. The SMILES string of the molecule is CC(C)C(=O)N1CCCC(c2nc(Nc3ccccc3)cc(-c3ccncc3)n2)C1. The Hall–Kier alpha value is -3.28. The molecule has 1 saturated heterocycles. The standard InChI is InChI=1S/C24H27N5O/c1-17(2)24(30)29-14-6-7-19(16-29)23-27-21(18-10-12-25-13-11-18)15-22(28-23)26-20-8-4-3-5-9-20/h3-5,8-13,15,17,19H,6-7,14,16H2,1-2H3,(H,26,27,28). The average Bonchev–Trinajstić information content (AvgIpc) is 2.79. The van der Waals surface area contributed by atoms with Gasteiger partial charge in [0, 0.05) is 54.6 Å². The Labute approximate surface area is 177 Å². The van der Waals surface area contributed by atoms with Gasteiger partial charge in [-0.25, -0.2) is 9.97 Å². The summed E-state index contributed by atoms with van der Waals surface area (Å²) < 4.78 is 0. The number of piperidine rings is 1. The van der Waals surface area contributed by atoms with E-state index in [1.807, 2.05) is 67.3 Å². The largest absolute Gasteiger partial charge is 0.342 e. The highest BCUT2D eigenvalue weighted by Gasteiger charge is 2.28. The summed E-state index contributed by atoms with van der Waals surface area (Å²) in [5.74, 6) is 1.87. The summed E-state index contributed by atoms with van der Waals surface area (Å²) in [6.45, 7) is 5.39. The number of carbonyl (C=O) groups is 1. The van der Waals surface area contributed by atoms with Crippen molar-refractivity contribution in [2.45, 2.75) is 32.6 Å². The van der Waals surface area contributed by atoms with Crippen molar-refractivity contribution in [3.63, 3.8) is 0 Å². The second-order valence-corrected chi connectivity index (χ2v) is 8.00. The summed E-state index contributed by atoms with van der Waals surface area (Å²) in [5.41, 5.74) is 2.83. The molecule has 30 heavy (non-hydrogen) atoms. The van der Waals surface area contributed by atoms with Crippen LogP contribution >= 0.6 is 0 Å². The van der Waals surface area contributed by atoms with Crippen LogP contribution in [0.15, 0.2) is 60.9 Å². The molecule has 0 saturated carbocycles. The summed E-state index contributed by atoms with van der Waals surface area (Å²) in [6, 6.07) is 15.9. The Morgan fingerprint density at radius 1 is 1.10 bits per heavy atom. The molecule has 0 spiro atoms. The normalized spacial score (nSPS) is 16.5. The van der Waals surface area contributed by atoms with Crippen molar-refractivity contribution in [2.24, 2.45) is 5.92 Å². The molecule has 1 unspecified atom stereocenters. The lowest BCUT2D eigenvalue weighted by Gasteiger charge is -2.33. The quantitative estimate of drug-likeness (QED) is 0.674. The van der Waals surface area contributed by atoms with Crippen LogP contribution < -0.4 is 5.32 Å². The van der Waals surface area contributed by atoms with Gasteiger partial charge in [0.05, 0.1) is 5.69 Å². The molecule has 3 heterocycles. The van der Waals surface area contributed by atoms with E-state index in [4.69, 9.17) is 9.97 Å². The Balaban J connectivity index is 1.67. The first kappa shape index (κ1) is 20.0. The van der Waals surface area contributed by atoms with E-state index in [0.29, 0.717) is 6.54 Å². The molecule has 1 amide bonds. The lowest BCUT2D eigenvalue weighted by atomic mass is 9.96. The summed E-state index contributed by atoms with van der Waals surface area (Å²) in [4.78, 5) is 28.3. The highest BCUT2D eigenvalue weighted by Crippen LogP contribution is 2.29. The fourth-order valence-corrected chi connectivity index (χ4v) is 3.81. The van der Waals surface area contributed by atoms with Crippen molar-refractivity contribution >= 4 is 17.4 Å². The minimum absolute atomic E-state index is 0.00290. The predicted molar refractivity (Wildman–Crippen MR) is 118 cm³/mol. The molecule has 0 bridgehead atoms. The zero-order valence-corrected chi connectivity index (χ0v) is 17.5. The average molecular weight is 402 g/mol. The summed E-state index contributed by atoms with van der Waals surface area (Å²) in [7, 11) is 0. The van der Waals surface area contributed by atoms with Crippen molar-refractivity contribution in [3.05, 3.63) is 66.7 Å². The summed E-state index contributed by atoms with van der Waals surface area (Å²) in [6.07, 6.45) is 5.48. The van der Waals surface area contributed by atoms with Crippen LogP contribution in [0.1, 0.15) is 38.4 Å². The van der Waals surface area contributed by atoms with Gasteiger partial charge in [-0.05, 0) is 37.1 Å². The van der Waals surface area contributed by atoms with Crippen LogP contribution in [-0.4, -0.2) is 38.8 Å². The molecule has 1 aliphatic rings. The number of nitrogens with one attached hydrogen (secondary N) is 1. The van der Waals surface area contributed by atoms with E-state index >= 15 is 0 Å². The van der Waals surface area contributed by atoms with E-state index in [2.05, 4.69) is 10.3 Å². The van der Waals surface area contributed by atoms with Gasteiger partial charge in [0.1, 0.15) is 11.6 Å². The fraction of sp³-hybridized carbons (Fsp3) is 0.333. The van der Waals surface area contributed by atoms with E-state index in [9.17, 15) is 4.79 Å². The number of pyridine rings is 1. The van der Waals surface area contributed by atoms with E-state index in [0.717, 1.165) is 48.0 Å². The van der Waals surface area contributed by atoms with Gasteiger partial charge < -0.3 is 10.2 Å². The van der Waals surface area contributed by atoms with E-state index in [1.54, 1.807) is 12.4 Å². The first-order valence-electron chi connectivity index (χ1n) is 10.5. The molecule has 6 heteroatoms. The number of benzene rings is 1. The van der Waals surface area contributed by atoms with Crippen molar-refractivity contribution in [2.75, 3.05) is 18.4 Å². The third-order valence-corrected chi connectivity index (χ3v) is 5.36. The maximum absolute atomic E-state index is 12.5. The number of hydrogen-bond donors (Lipinski definition) is 1. The summed E-state index contributed by atoms with van der Waals surface area (Å²) in [5, 5.41) is 3.40. The van der Waals surface area contributed by atoms with Crippen LogP contribution in [0.3, 0.4) is 0 Å². The number of amides is 1. The van der Waals surface area contributed by atoms with Crippen molar-refractivity contribution in [1.29, 1.82) is 0 Å².